The number of amides is 1. The molecule has 0 bridgehead atoms. The van der Waals surface area contributed by atoms with Crippen LogP contribution in [-0.2, 0) is 4.74 Å². The number of pyridine rings is 1. The molecule has 5 nitrogen and oxygen atoms in total. The lowest BCUT2D eigenvalue weighted by Crippen LogP contribution is -2.40. The van der Waals surface area contributed by atoms with Gasteiger partial charge < -0.3 is 14.6 Å². The first-order chi connectivity index (χ1) is 8.75. The Labute approximate surface area is 109 Å². The predicted octanol–water partition coefficient (Wildman–Crippen LogP) is 1.69. The van der Waals surface area contributed by atoms with Crippen LogP contribution < -0.4 is 0 Å². The minimum Gasteiger partial charge on any atom is -0.378 e. The van der Waals surface area contributed by atoms with Crippen molar-refractivity contribution in [1.82, 2.24) is 14.9 Å². The van der Waals surface area contributed by atoms with E-state index in [1.807, 2.05) is 6.07 Å². The number of hydrogen-bond donors (Lipinski definition) is 1. The molecule has 18 heavy (non-hydrogen) atoms. The zero-order valence-corrected chi connectivity index (χ0v) is 10.4. The molecule has 1 aliphatic heterocycles. The maximum absolute atomic E-state index is 12.3. The highest BCUT2D eigenvalue weighted by Gasteiger charge is 2.20. The lowest BCUT2D eigenvalue weighted by molar-refractivity contribution is 0.0299. The summed E-state index contributed by atoms with van der Waals surface area (Å²) >= 11 is 5.97. The van der Waals surface area contributed by atoms with Crippen LogP contribution in [0.15, 0.2) is 18.3 Å². The van der Waals surface area contributed by atoms with E-state index >= 15 is 0 Å². The Bertz CT molecular complexity index is 590. The molecule has 2 aromatic heterocycles. The molecule has 3 rings (SSSR count). The Morgan fingerprint density at radius 2 is 2.22 bits per heavy atom. The molecule has 2 aromatic rings. The molecule has 1 aliphatic rings. The standard InChI is InChI=1S/C12H12ClN3O2/c13-11-10-8(1-2-14-11)7-9(15-10)12(17)16-3-5-18-6-4-16/h1-2,7,15H,3-6H2. The summed E-state index contributed by atoms with van der Waals surface area (Å²) in [5.74, 6) is -0.0226. The van der Waals surface area contributed by atoms with Gasteiger partial charge in [-0.05, 0) is 12.1 Å². The fourth-order valence-electron chi connectivity index (χ4n) is 2.07. The van der Waals surface area contributed by atoms with E-state index in [9.17, 15) is 4.79 Å². The molecule has 1 fully saturated rings. The van der Waals surface area contributed by atoms with Crippen molar-refractivity contribution >= 4 is 28.4 Å². The summed E-state index contributed by atoms with van der Waals surface area (Å²) in [5, 5.41) is 1.28. The van der Waals surface area contributed by atoms with Gasteiger partial charge in [0.1, 0.15) is 5.69 Å². The molecule has 0 aromatic carbocycles. The first-order valence-corrected chi connectivity index (χ1v) is 6.14. The Kier molecular flexibility index (Phi) is 2.93. The van der Waals surface area contributed by atoms with E-state index in [4.69, 9.17) is 16.3 Å². The van der Waals surface area contributed by atoms with E-state index in [1.165, 1.54) is 0 Å². The number of aromatic amines is 1. The van der Waals surface area contributed by atoms with Gasteiger partial charge in [-0.3, -0.25) is 4.79 Å². The topological polar surface area (TPSA) is 58.2 Å². The molecular weight excluding hydrogens is 254 g/mol. The number of nitrogens with zero attached hydrogens (tertiary/aromatic N) is 2. The summed E-state index contributed by atoms with van der Waals surface area (Å²) < 4.78 is 5.23. The number of halogens is 1. The minimum absolute atomic E-state index is 0.0226. The Balaban J connectivity index is 1.94. The maximum atomic E-state index is 12.3. The largest absolute Gasteiger partial charge is 0.378 e. The Morgan fingerprint density at radius 3 is 2.94 bits per heavy atom. The van der Waals surface area contributed by atoms with Crippen molar-refractivity contribution in [2.75, 3.05) is 26.3 Å². The fraction of sp³-hybridized carbons (Fsp3) is 0.333. The average molecular weight is 266 g/mol. The lowest BCUT2D eigenvalue weighted by atomic mass is 10.3. The van der Waals surface area contributed by atoms with E-state index in [0.717, 1.165) is 5.39 Å². The highest BCUT2D eigenvalue weighted by atomic mass is 35.5. The van der Waals surface area contributed by atoms with Gasteiger partial charge in [0.2, 0.25) is 0 Å². The average Bonchev–Trinajstić information content (AvgIpc) is 2.84. The third-order valence-electron chi connectivity index (χ3n) is 3.03. The molecule has 1 amide bonds. The van der Waals surface area contributed by atoms with Crippen LogP contribution in [0.5, 0.6) is 0 Å². The van der Waals surface area contributed by atoms with Crippen LogP contribution in [0.2, 0.25) is 5.15 Å². The van der Waals surface area contributed by atoms with Gasteiger partial charge in [-0.2, -0.15) is 0 Å². The van der Waals surface area contributed by atoms with Gasteiger partial charge in [-0.15, -0.1) is 0 Å². The van der Waals surface area contributed by atoms with Crippen LogP contribution in [0, 0.1) is 0 Å². The SMILES string of the molecule is O=C(c1cc2ccnc(Cl)c2[nH]1)N1CCOCC1. The molecule has 0 unspecified atom stereocenters. The fourth-order valence-corrected chi connectivity index (χ4v) is 2.28. The quantitative estimate of drug-likeness (QED) is 0.799. The summed E-state index contributed by atoms with van der Waals surface area (Å²) in [7, 11) is 0. The van der Waals surface area contributed by atoms with Crippen LogP contribution in [0.4, 0.5) is 0 Å². The predicted molar refractivity (Wildman–Crippen MR) is 67.8 cm³/mol. The van der Waals surface area contributed by atoms with E-state index in [0.29, 0.717) is 42.7 Å². The molecule has 0 saturated carbocycles. The second kappa shape index (κ2) is 4.59. The minimum atomic E-state index is -0.0226. The highest BCUT2D eigenvalue weighted by Crippen LogP contribution is 2.22. The van der Waals surface area contributed by atoms with Crippen molar-refractivity contribution in [2.24, 2.45) is 0 Å². The molecule has 0 atom stereocenters. The highest BCUT2D eigenvalue weighted by molar-refractivity contribution is 6.33. The van der Waals surface area contributed by atoms with Crippen molar-refractivity contribution in [3.8, 4) is 0 Å². The van der Waals surface area contributed by atoms with Gasteiger partial charge >= 0.3 is 0 Å². The summed E-state index contributed by atoms with van der Waals surface area (Å²) in [5.41, 5.74) is 1.25. The van der Waals surface area contributed by atoms with Crippen LogP contribution >= 0.6 is 11.6 Å². The van der Waals surface area contributed by atoms with Gasteiger partial charge in [0, 0.05) is 24.7 Å². The van der Waals surface area contributed by atoms with Crippen LogP contribution in [0.25, 0.3) is 10.9 Å². The van der Waals surface area contributed by atoms with E-state index in [-0.39, 0.29) is 5.91 Å². The van der Waals surface area contributed by atoms with Gasteiger partial charge in [-0.25, -0.2) is 4.98 Å². The third-order valence-corrected chi connectivity index (χ3v) is 3.31. The number of aromatic nitrogens is 2. The number of rotatable bonds is 1. The molecule has 6 heteroatoms. The van der Waals surface area contributed by atoms with E-state index < -0.39 is 0 Å². The number of nitrogens with one attached hydrogen (secondary N) is 1. The van der Waals surface area contributed by atoms with E-state index in [2.05, 4.69) is 9.97 Å². The molecule has 0 radical (unpaired) electrons. The van der Waals surface area contributed by atoms with Crippen LogP contribution in [0.1, 0.15) is 10.5 Å². The number of carbonyl (C=O) groups excluding carboxylic acids is 1. The molecule has 0 spiro atoms. The van der Waals surface area contributed by atoms with Crippen molar-refractivity contribution in [1.29, 1.82) is 0 Å². The summed E-state index contributed by atoms with van der Waals surface area (Å²) in [6.07, 6.45) is 1.63. The maximum Gasteiger partial charge on any atom is 0.270 e. The van der Waals surface area contributed by atoms with Crippen molar-refractivity contribution < 1.29 is 9.53 Å². The monoisotopic (exact) mass is 265 g/mol. The Morgan fingerprint density at radius 1 is 1.44 bits per heavy atom. The zero-order valence-electron chi connectivity index (χ0n) is 9.65. The van der Waals surface area contributed by atoms with Gasteiger partial charge in [0.15, 0.2) is 5.15 Å². The second-order valence-corrected chi connectivity index (χ2v) is 4.51. The molecular formula is C12H12ClN3O2. The first-order valence-electron chi connectivity index (χ1n) is 5.76. The number of fused-ring (bicyclic) bond motifs is 1. The third kappa shape index (κ3) is 1.95. The molecule has 0 aliphatic carbocycles. The van der Waals surface area contributed by atoms with Crippen molar-refractivity contribution in [2.45, 2.75) is 0 Å². The summed E-state index contributed by atoms with van der Waals surface area (Å²) in [6.45, 7) is 2.43. The number of H-pyrrole nitrogens is 1. The van der Waals surface area contributed by atoms with Gasteiger partial charge in [-0.1, -0.05) is 11.6 Å². The molecule has 94 valence electrons. The zero-order chi connectivity index (χ0) is 12.5. The van der Waals surface area contributed by atoms with Crippen molar-refractivity contribution in [3.05, 3.63) is 29.2 Å². The van der Waals surface area contributed by atoms with E-state index in [1.54, 1.807) is 17.2 Å². The molecule has 1 N–H and O–H groups in total. The van der Waals surface area contributed by atoms with Crippen LogP contribution in [0.3, 0.4) is 0 Å². The molecule has 3 heterocycles. The lowest BCUT2D eigenvalue weighted by Gasteiger charge is -2.26. The number of morpholine rings is 1. The Hall–Kier alpha value is -1.59. The number of carbonyl (C=O) groups is 1. The second-order valence-electron chi connectivity index (χ2n) is 4.15. The number of hydrogen-bond acceptors (Lipinski definition) is 3. The first kappa shape index (κ1) is 11.5. The summed E-state index contributed by atoms with van der Waals surface area (Å²) in [4.78, 5) is 21.0. The normalized spacial score (nSPS) is 16.2. The van der Waals surface area contributed by atoms with Crippen LogP contribution in [-0.4, -0.2) is 47.1 Å². The van der Waals surface area contributed by atoms with Gasteiger partial charge in [0.05, 0.1) is 18.7 Å². The number of ether oxygens (including phenoxy) is 1. The summed E-state index contributed by atoms with van der Waals surface area (Å²) in [6, 6.07) is 3.63. The van der Waals surface area contributed by atoms with Crippen molar-refractivity contribution in [3.63, 3.8) is 0 Å². The molecule has 1 saturated heterocycles. The van der Waals surface area contributed by atoms with Gasteiger partial charge in [0.25, 0.3) is 5.91 Å². The smallest absolute Gasteiger partial charge is 0.270 e.